The number of rotatable bonds is 1. The van der Waals surface area contributed by atoms with Crippen molar-refractivity contribution in [3.8, 4) is 0 Å². The third-order valence-electron chi connectivity index (χ3n) is 0.449. The van der Waals surface area contributed by atoms with Gasteiger partial charge in [-0.2, -0.15) is 0 Å². The first-order chi connectivity index (χ1) is 2.81. The summed E-state index contributed by atoms with van der Waals surface area (Å²) in [6.07, 6.45) is 0.812. The number of hydrogen-bond acceptors (Lipinski definition) is 1. The molecule has 1 unspecified atom stereocenters. The highest BCUT2D eigenvalue weighted by atomic mass is 31.0. The van der Waals surface area contributed by atoms with Gasteiger partial charge in [-0.3, -0.25) is 4.79 Å². The van der Waals surface area contributed by atoms with Crippen LogP contribution in [0.5, 0.6) is 0 Å². The second-order valence-corrected chi connectivity index (χ2v) is 1.36. The van der Waals surface area contributed by atoms with Crippen LogP contribution < -0.4 is 0 Å². The molecule has 0 aromatic rings. The number of hydrogen-bond donors (Lipinski definition) is 0. The van der Waals surface area contributed by atoms with Gasteiger partial charge in [0.15, 0.2) is 0 Å². The van der Waals surface area contributed by atoms with E-state index in [4.69, 9.17) is 0 Å². The highest BCUT2D eigenvalue weighted by Crippen LogP contribution is 1.90. The Balaban J connectivity index is 3.50. The number of carbonyl (C=O) groups excluding carboxylic acids is 1. The van der Waals surface area contributed by atoms with E-state index in [9.17, 15) is 4.79 Å². The topological polar surface area (TPSA) is 17.1 Å². The number of aldehydes is 1. The lowest BCUT2D eigenvalue weighted by atomic mass is 10.4. The molecule has 0 heterocycles. The lowest BCUT2D eigenvalue weighted by Crippen LogP contribution is -1.68. The Hall–Kier alpha value is -0.160. The van der Waals surface area contributed by atoms with Crippen molar-refractivity contribution in [2.45, 2.75) is 6.92 Å². The average Bonchev–Trinajstić information content (AvgIpc) is 1.65. The molecule has 0 saturated carbocycles. The molecule has 1 nitrogen and oxygen atoms in total. The summed E-state index contributed by atoms with van der Waals surface area (Å²) in [5, 5.41) is 0. The molecule has 0 radical (unpaired) electrons. The van der Waals surface area contributed by atoms with Crippen molar-refractivity contribution >= 4 is 15.5 Å². The molecule has 0 aliphatic carbocycles. The molecule has 0 bridgehead atoms. The summed E-state index contributed by atoms with van der Waals surface area (Å²) in [5.41, 5.74) is 0.750. The minimum absolute atomic E-state index is 0.750. The molecule has 0 aliphatic heterocycles. The number of allylic oxidation sites excluding steroid dienone is 1. The monoisotopic (exact) mass is 102 g/mol. The van der Waals surface area contributed by atoms with Crippen LogP contribution in [0, 0.1) is 0 Å². The molecule has 0 amide bonds. The predicted octanol–water partition coefficient (Wildman–Crippen LogP) is 0.964. The number of carbonyl (C=O) groups is 1. The van der Waals surface area contributed by atoms with E-state index in [0.29, 0.717) is 0 Å². The first-order valence-corrected chi connectivity index (χ1v) is 2.31. The molecular weight excluding hydrogens is 95.0 g/mol. The van der Waals surface area contributed by atoms with Gasteiger partial charge in [0, 0.05) is 0 Å². The second-order valence-electron chi connectivity index (χ2n) is 1.03. The maximum absolute atomic E-state index is 9.65. The molecule has 0 aromatic heterocycles. The minimum Gasteiger partial charge on any atom is -0.298 e. The normalized spacial score (nSPS) is 11.3. The van der Waals surface area contributed by atoms with E-state index in [1.165, 1.54) is 0 Å². The fourth-order valence-electron chi connectivity index (χ4n) is 0.0393. The molecule has 0 aliphatic rings. The van der Waals surface area contributed by atoms with E-state index in [0.717, 1.165) is 11.9 Å². The summed E-state index contributed by atoms with van der Waals surface area (Å²) >= 11 is 0. The average molecular weight is 102 g/mol. The molecule has 0 saturated heterocycles. The fraction of sp³-hybridized carbons (Fsp3) is 0.250. The van der Waals surface area contributed by atoms with Gasteiger partial charge in [-0.05, 0) is 12.5 Å². The Morgan fingerprint density at radius 2 is 2.33 bits per heavy atom. The van der Waals surface area contributed by atoms with Crippen LogP contribution in [0.4, 0.5) is 0 Å². The van der Waals surface area contributed by atoms with Gasteiger partial charge in [-0.15, -0.1) is 9.24 Å². The first kappa shape index (κ1) is 5.84. The van der Waals surface area contributed by atoms with Gasteiger partial charge in [-0.25, -0.2) is 0 Å². The maximum atomic E-state index is 9.65. The quantitative estimate of drug-likeness (QED) is 0.274. The Labute approximate surface area is 39.6 Å². The third-order valence-corrected chi connectivity index (χ3v) is 0.975. The van der Waals surface area contributed by atoms with Crippen molar-refractivity contribution in [2.24, 2.45) is 0 Å². The molecular formula is C4H7OP. The zero-order chi connectivity index (χ0) is 4.99. The summed E-state index contributed by atoms with van der Waals surface area (Å²) < 4.78 is 0. The van der Waals surface area contributed by atoms with Crippen LogP contribution in [0.2, 0.25) is 0 Å². The van der Waals surface area contributed by atoms with Crippen LogP contribution in [-0.2, 0) is 4.79 Å². The standard InChI is InChI=1S/C4H7OP/c1-4(2-5)3-6/h2-3H,6H2,1H3/b4-3+. The van der Waals surface area contributed by atoms with E-state index in [-0.39, 0.29) is 0 Å². The van der Waals surface area contributed by atoms with Gasteiger partial charge in [0.25, 0.3) is 0 Å². The van der Waals surface area contributed by atoms with Gasteiger partial charge in [-0.1, -0.05) is 5.82 Å². The van der Waals surface area contributed by atoms with E-state index < -0.39 is 0 Å². The Morgan fingerprint density at radius 1 is 1.83 bits per heavy atom. The van der Waals surface area contributed by atoms with Gasteiger partial charge in [0.2, 0.25) is 0 Å². The van der Waals surface area contributed by atoms with Crippen molar-refractivity contribution in [1.29, 1.82) is 0 Å². The molecule has 1 atom stereocenters. The van der Waals surface area contributed by atoms with E-state index in [1.54, 1.807) is 12.7 Å². The zero-order valence-electron chi connectivity index (χ0n) is 3.64. The SMILES string of the molecule is C/C(C=O)=C\P. The third kappa shape index (κ3) is 2.10. The van der Waals surface area contributed by atoms with Crippen molar-refractivity contribution in [3.05, 3.63) is 11.4 Å². The van der Waals surface area contributed by atoms with Gasteiger partial charge >= 0.3 is 0 Å². The summed E-state index contributed by atoms with van der Waals surface area (Å²) in [6.45, 7) is 1.75. The van der Waals surface area contributed by atoms with Crippen molar-refractivity contribution < 1.29 is 4.79 Å². The van der Waals surface area contributed by atoms with E-state index in [2.05, 4.69) is 9.24 Å². The van der Waals surface area contributed by atoms with Gasteiger partial charge in [0.1, 0.15) is 6.29 Å². The minimum atomic E-state index is 0.750. The highest BCUT2D eigenvalue weighted by molar-refractivity contribution is 7.20. The van der Waals surface area contributed by atoms with Crippen LogP contribution >= 0.6 is 9.24 Å². The summed E-state index contributed by atoms with van der Waals surface area (Å²) in [5.74, 6) is 1.69. The molecule has 34 valence electrons. The molecule has 2 heteroatoms. The van der Waals surface area contributed by atoms with E-state index in [1.807, 2.05) is 0 Å². The van der Waals surface area contributed by atoms with Crippen LogP contribution in [0.25, 0.3) is 0 Å². The largest absolute Gasteiger partial charge is 0.298 e. The van der Waals surface area contributed by atoms with Crippen LogP contribution in [0.3, 0.4) is 0 Å². The van der Waals surface area contributed by atoms with E-state index >= 15 is 0 Å². The predicted molar refractivity (Wildman–Crippen MR) is 29.5 cm³/mol. The molecule has 0 rings (SSSR count). The lowest BCUT2D eigenvalue weighted by molar-refractivity contribution is -0.104. The molecule has 6 heavy (non-hydrogen) atoms. The highest BCUT2D eigenvalue weighted by Gasteiger charge is 1.72. The molecule has 0 N–H and O–H groups in total. The summed E-state index contributed by atoms with van der Waals surface area (Å²) in [7, 11) is 2.35. The van der Waals surface area contributed by atoms with Crippen molar-refractivity contribution in [3.63, 3.8) is 0 Å². The molecule has 0 fully saturated rings. The Morgan fingerprint density at radius 3 is 2.33 bits per heavy atom. The summed E-state index contributed by atoms with van der Waals surface area (Å²) in [4.78, 5) is 9.65. The zero-order valence-corrected chi connectivity index (χ0v) is 4.79. The first-order valence-electron chi connectivity index (χ1n) is 1.65. The smallest absolute Gasteiger partial charge is 0.145 e. The Kier molecular flexibility index (Phi) is 2.97. The molecule has 0 spiro atoms. The lowest BCUT2D eigenvalue weighted by Gasteiger charge is -1.73. The van der Waals surface area contributed by atoms with Crippen LogP contribution in [-0.4, -0.2) is 6.29 Å². The van der Waals surface area contributed by atoms with Crippen molar-refractivity contribution in [2.75, 3.05) is 0 Å². The van der Waals surface area contributed by atoms with Crippen LogP contribution in [0.15, 0.2) is 11.4 Å². The maximum Gasteiger partial charge on any atom is 0.145 e. The fourth-order valence-corrected chi connectivity index (χ4v) is 0.118. The Bertz CT molecular complexity index is 75.6. The second kappa shape index (κ2) is 3.05. The summed E-state index contributed by atoms with van der Waals surface area (Å²) in [6, 6.07) is 0. The van der Waals surface area contributed by atoms with Gasteiger partial charge < -0.3 is 0 Å². The van der Waals surface area contributed by atoms with Crippen LogP contribution in [0.1, 0.15) is 6.92 Å². The van der Waals surface area contributed by atoms with Crippen molar-refractivity contribution in [1.82, 2.24) is 0 Å². The van der Waals surface area contributed by atoms with Gasteiger partial charge in [0.05, 0.1) is 0 Å². The molecule has 0 aromatic carbocycles.